The molecule has 0 radical (unpaired) electrons. The van der Waals surface area contributed by atoms with E-state index < -0.39 is 0 Å². The molecule has 1 N–H and O–H groups in total. The van der Waals surface area contributed by atoms with Crippen LogP contribution < -0.4 is 5.32 Å². The molecule has 0 heterocycles. The van der Waals surface area contributed by atoms with Gasteiger partial charge in [0, 0.05) is 18.0 Å². The van der Waals surface area contributed by atoms with Gasteiger partial charge in [-0.3, -0.25) is 4.79 Å². The summed E-state index contributed by atoms with van der Waals surface area (Å²) >= 11 is 8.41. The average Bonchev–Trinajstić information content (AvgIpc) is 2.12. The third-order valence-corrected chi connectivity index (χ3v) is 2.32. The molecule has 0 unspecified atom stereocenters. The van der Waals surface area contributed by atoms with Crippen molar-refractivity contribution in [2.45, 2.75) is 6.42 Å². The van der Waals surface area contributed by atoms with Crippen LogP contribution in [0.3, 0.4) is 0 Å². The highest BCUT2D eigenvalue weighted by atomic mass is 79.9. The van der Waals surface area contributed by atoms with E-state index in [0.717, 1.165) is 0 Å². The summed E-state index contributed by atoms with van der Waals surface area (Å²) < 4.78 is 13.1. The first kappa shape index (κ1) is 11.5. The molecular weight excluding hydrogens is 272 g/mol. The Bertz CT molecular complexity index is 346. The van der Waals surface area contributed by atoms with Crippen molar-refractivity contribution in [2.75, 3.05) is 11.2 Å². The molecule has 5 heteroatoms. The van der Waals surface area contributed by atoms with E-state index in [1.807, 2.05) is 0 Å². The number of amides is 1. The maximum Gasteiger partial charge on any atom is 0.225 e. The van der Waals surface area contributed by atoms with Gasteiger partial charge in [-0.05, 0) is 34.1 Å². The molecule has 1 aromatic rings. The van der Waals surface area contributed by atoms with E-state index in [-0.39, 0.29) is 24.0 Å². The van der Waals surface area contributed by atoms with Crippen molar-refractivity contribution in [3.8, 4) is 0 Å². The van der Waals surface area contributed by atoms with Gasteiger partial charge in [-0.1, -0.05) is 0 Å². The fraction of sp³-hybridized carbons (Fsp3) is 0.222. The van der Waals surface area contributed by atoms with Crippen molar-refractivity contribution in [1.29, 1.82) is 0 Å². The Morgan fingerprint density at radius 3 is 2.86 bits per heavy atom. The van der Waals surface area contributed by atoms with Crippen LogP contribution in [0.15, 0.2) is 22.7 Å². The highest BCUT2D eigenvalue weighted by Gasteiger charge is 2.03. The summed E-state index contributed by atoms with van der Waals surface area (Å²) in [6.45, 7) is 0. The van der Waals surface area contributed by atoms with Gasteiger partial charge in [0.05, 0.1) is 4.47 Å². The van der Waals surface area contributed by atoms with Crippen molar-refractivity contribution in [3.05, 3.63) is 28.5 Å². The second-order valence-electron chi connectivity index (χ2n) is 2.62. The maximum atomic E-state index is 12.8. The number of anilines is 1. The van der Waals surface area contributed by atoms with Crippen LogP contribution in [-0.4, -0.2) is 11.8 Å². The molecule has 0 aromatic heterocycles. The van der Waals surface area contributed by atoms with Gasteiger partial charge in [0.1, 0.15) is 5.82 Å². The van der Waals surface area contributed by atoms with Crippen molar-refractivity contribution in [2.24, 2.45) is 0 Å². The summed E-state index contributed by atoms with van der Waals surface area (Å²) in [4.78, 5) is 11.1. The topological polar surface area (TPSA) is 29.1 Å². The first-order valence-corrected chi connectivity index (χ1v) is 5.27. The van der Waals surface area contributed by atoms with Crippen LogP contribution in [0, 0.1) is 5.82 Å². The third kappa shape index (κ3) is 3.27. The van der Waals surface area contributed by atoms with Crippen molar-refractivity contribution < 1.29 is 9.18 Å². The first-order valence-electron chi connectivity index (χ1n) is 3.94. The molecule has 0 spiro atoms. The Balaban J connectivity index is 2.68. The number of alkyl halides is 1. The summed E-state index contributed by atoms with van der Waals surface area (Å²) in [5.74, 6) is -0.271. The molecule has 0 fully saturated rings. The van der Waals surface area contributed by atoms with E-state index in [0.29, 0.717) is 10.2 Å². The van der Waals surface area contributed by atoms with Crippen LogP contribution in [-0.2, 0) is 4.79 Å². The molecule has 1 rings (SSSR count). The Hall–Kier alpha value is -0.610. The van der Waals surface area contributed by atoms with Crippen LogP contribution in [0.1, 0.15) is 6.42 Å². The number of benzene rings is 1. The first-order chi connectivity index (χ1) is 6.63. The molecule has 0 saturated heterocycles. The predicted octanol–water partition coefficient (Wildman–Crippen LogP) is 3.16. The van der Waals surface area contributed by atoms with Crippen LogP contribution in [0.4, 0.5) is 10.1 Å². The molecule has 1 amide bonds. The molecule has 0 saturated carbocycles. The van der Waals surface area contributed by atoms with E-state index >= 15 is 0 Å². The summed E-state index contributed by atoms with van der Waals surface area (Å²) in [5.41, 5.74) is 0.549. The highest BCUT2D eigenvalue weighted by Crippen LogP contribution is 2.19. The van der Waals surface area contributed by atoms with E-state index in [1.165, 1.54) is 18.2 Å². The minimum atomic E-state index is -0.361. The lowest BCUT2D eigenvalue weighted by Gasteiger charge is -2.04. The SMILES string of the molecule is O=C(CCCl)Nc1ccc(F)c(Br)c1. The average molecular weight is 281 g/mol. The van der Waals surface area contributed by atoms with Crippen molar-refractivity contribution in [1.82, 2.24) is 0 Å². The summed E-state index contributed by atoms with van der Waals surface area (Å²) in [7, 11) is 0. The second kappa shape index (κ2) is 5.32. The Morgan fingerprint density at radius 2 is 2.29 bits per heavy atom. The molecule has 1 aromatic carbocycles. The van der Waals surface area contributed by atoms with E-state index in [4.69, 9.17) is 11.6 Å². The minimum Gasteiger partial charge on any atom is -0.326 e. The quantitative estimate of drug-likeness (QED) is 0.847. The standard InChI is InChI=1S/C9H8BrClFNO/c10-7-5-6(1-2-8(7)12)13-9(14)3-4-11/h1-2,5H,3-4H2,(H,13,14). The second-order valence-corrected chi connectivity index (χ2v) is 3.85. The van der Waals surface area contributed by atoms with E-state index in [2.05, 4.69) is 21.2 Å². The van der Waals surface area contributed by atoms with Gasteiger partial charge in [0.2, 0.25) is 5.91 Å². The van der Waals surface area contributed by atoms with E-state index in [1.54, 1.807) is 0 Å². The van der Waals surface area contributed by atoms with Crippen LogP contribution in [0.25, 0.3) is 0 Å². The van der Waals surface area contributed by atoms with Gasteiger partial charge in [0.25, 0.3) is 0 Å². The largest absolute Gasteiger partial charge is 0.326 e. The molecule has 14 heavy (non-hydrogen) atoms. The molecule has 2 nitrogen and oxygen atoms in total. The number of hydrogen-bond donors (Lipinski definition) is 1. The highest BCUT2D eigenvalue weighted by molar-refractivity contribution is 9.10. The molecule has 0 aliphatic carbocycles. The van der Waals surface area contributed by atoms with Crippen LogP contribution >= 0.6 is 27.5 Å². The van der Waals surface area contributed by atoms with Gasteiger partial charge < -0.3 is 5.32 Å². The monoisotopic (exact) mass is 279 g/mol. The lowest BCUT2D eigenvalue weighted by Crippen LogP contribution is -2.11. The predicted molar refractivity (Wildman–Crippen MR) is 58.1 cm³/mol. The lowest BCUT2D eigenvalue weighted by molar-refractivity contribution is -0.115. The van der Waals surface area contributed by atoms with E-state index in [9.17, 15) is 9.18 Å². The lowest BCUT2D eigenvalue weighted by atomic mass is 10.3. The Labute approximate surface area is 94.6 Å². The zero-order valence-corrected chi connectivity index (χ0v) is 9.53. The van der Waals surface area contributed by atoms with Crippen molar-refractivity contribution in [3.63, 3.8) is 0 Å². The number of nitrogens with one attached hydrogen (secondary N) is 1. The van der Waals surface area contributed by atoms with Gasteiger partial charge in [-0.15, -0.1) is 11.6 Å². The molecule has 0 atom stereocenters. The molecule has 0 aliphatic heterocycles. The van der Waals surface area contributed by atoms with Gasteiger partial charge in [0.15, 0.2) is 0 Å². The Morgan fingerprint density at radius 1 is 1.57 bits per heavy atom. The van der Waals surface area contributed by atoms with Crippen LogP contribution in [0.2, 0.25) is 0 Å². The fourth-order valence-electron chi connectivity index (χ4n) is 0.883. The summed E-state index contributed by atoms with van der Waals surface area (Å²) in [6, 6.07) is 4.27. The van der Waals surface area contributed by atoms with Crippen molar-refractivity contribution >= 4 is 39.1 Å². The van der Waals surface area contributed by atoms with Crippen LogP contribution in [0.5, 0.6) is 0 Å². The summed E-state index contributed by atoms with van der Waals surface area (Å²) in [6.07, 6.45) is 0.247. The number of rotatable bonds is 3. The summed E-state index contributed by atoms with van der Waals surface area (Å²) in [5, 5.41) is 2.59. The molecule has 0 aliphatic rings. The zero-order valence-electron chi connectivity index (χ0n) is 7.19. The zero-order chi connectivity index (χ0) is 10.6. The van der Waals surface area contributed by atoms with Gasteiger partial charge in [-0.2, -0.15) is 0 Å². The molecule has 0 bridgehead atoms. The number of carbonyl (C=O) groups excluding carboxylic acids is 1. The Kier molecular flexibility index (Phi) is 4.35. The van der Waals surface area contributed by atoms with Gasteiger partial charge >= 0.3 is 0 Å². The molecule has 76 valence electrons. The number of carbonyl (C=O) groups is 1. The number of hydrogen-bond acceptors (Lipinski definition) is 1. The fourth-order valence-corrected chi connectivity index (χ4v) is 1.43. The normalized spacial score (nSPS) is 9.93. The third-order valence-electron chi connectivity index (χ3n) is 1.52. The molecular formula is C9H8BrClFNO. The number of halogens is 3. The maximum absolute atomic E-state index is 12.8. The smallest absolute Gasteiger partial charge is 0.225 e. The van der Waals surface area contributed by atoms with Gasteiger partial charge in [-0.25, -0.2) is 4.39 Å². The minimum absolute atomic E-state index is 0.182.